The van der Waals surface area contributed by atoms with Crippen molar-refractivity contribution in [3.63, 3.8) is 0 Å². The number of aryl methyl sites for hydroxylation is 2. The van der Waals surface area contributed by atoms with Crippen LogP contribution in [-0.4, -0.2) is 22.5 Å². The zero-order valence-electron chi connectivity index (χ0n) is 12.3. The summed E-state index contributed by atoms with van der Waals surface area (Å²) in [6, 6.07) is 5.59. The van der Waals surface area contributed by atoms with Crippen LogP contribution in [0.15, 0.2) is 23.6 Å². The highest BCUT2D eigenvalue weighted by molar-refractivity contribution is 7.09. The van der Waals surface area contributed by atoms with Gasteiger partial charge in [-0.2, -0.15) is 0 Å². The molecule has 0 bridgehead atoms. The van der Waals surface area contributed by atoms with Crippen molar-refractivity contribution in [1.82, 2.24) is 20.6 Å². The molecule has 6 heteroatoms. The lowest BCUT2D eigenvalue weighted by Gasteiger charge is -2.07. The standard InChI is InChI=1S/C15H20N4OS/c1-3-14-19-13(10-21-14)7-8-16-15(20)17-9-12-6-4-5-11(2)18-12/h4-6,10H,3,7-9H2,1-2H3,(H2,16,17,20). The van der Waals surface area contributed by atoms with Crippen molar-refractivity contribution in [2.45, 2.75) is 33.2 Å². The van der Waals surface area contributed by atoms with Gasteiger partial charge in [-0.05, 0) is 25.5 Å². The molecule has 0 spiro atoms. The Hall–Kier alpha value is -1.95. The predicted octanol–water partition coefficient (Wildman–Crippen LogP) is 2.45. The molecule has 0 aliphatic rings. The smallest absolute Gasteiger partial charge is 0.315 e. The molecule has 2 aromatic heterocycles. The molecular weight excluding hydrogens is 284 g/mol. The van der Waals surface area contributed by atoms with Gasteiger partial charge in [-0.15, -0.1) is 11.3 Å². The van der Waals surface area contributed by atoms with Crippen molar-refractivity contribution in [3.05, 3.63) is 45.7 Å². The number of nitrogens with zero attached hydrogens (tertiary/aromatic N) is 2. The molecule has 0 saturated heterocycles. The van der Waals surface area contributed by atoms with Crippen LogP contribution in [-0.2, 0) is 19.4 Å². The van der Waals surface area contributed by atoms with E-state index in [1.54, 1.807) is 11.3 Å². The van der Waals surface area contributed by atoms with Crippen molar-refractivity contribution in [2.24, 2.45) is 0 Å². The third-order valence-electron chi connectivity index (χ3n) is 2.94. The summed E-state index contributed by atoms with van der Waals surface area (Å²) in [6.07, 6.45) is 1.72. The lowest BCUT2D eigenvalue weighted by molar-refractivity contribution is 0.240. The minimum atomic E-state index is -0.177. The number of thiazole rings is 1. The maximum absolute atomic E-state index is 11.7. The van der Waals surface area contributed by atoms with Gasteiger partial charge >= 0.3 is 6.03 Å². The van der Waals surface area contributed by atoms with Gasteiger partial charge < -0.3 is 10.6 Å². The van der Waals surface area contributed by atoms with Gasteiger partial charge in [0.25, 0.3) is 0 Å². The number of urea groups is 1. The fourth-order valence-electron chi connectivity index (χ4n) is 1.86. The molecule has 0 aliphatic heterocycles. The van der Waals surface area contributed by atoms with E-state index < -0.39 is 0 Å². The van der Waals surface area contributed by atoms with Gasteiger partial charge in [0.2, 0.25) is 0 Å². The number of carbonyl (C=O) groups is 1. The normalized spacial score (nSPS) is 10.4. The minimum Gasteiger partial charge on any atom is -0.338 e. The SMILES string of the molecule is CCc1nc(CCNC(=O)NCc2cccc(C)n2)cs1. The summed E-state index contributed by atoms with van der Waals surface area (Å²) in [4.78, 5) is 20.5. The highest BCUT2D eigenvalue weighted by atomic mass is 32.1. The van der Waals surface area contributed by atoms with Crippen LogP contribution in [0.1, 0.15) is 29.0 Å². The highest BCUT2D eigenvalue weighted by Gasteiger charge is 2.03. The Morgan fingerprint density at radius 1 is 1.24 bits per heavy atom. The topological polar surface area (TPSA) is 66.9 Å². The molecule has 0 unspecified atom stereocenters. The molecule has 2 rings (SSSR count). The molecular formula is C15H20N4OS. The Morgan fingerprint density at radius 3 is 2.81 bits per heavy atom. The summed E-state index contributed by atoms with van der Waals surface area (Å²) in [5, 5.41) is 8.82. The third-order valence-corrected chi connectivity index (χ3v) is 3.99. The summed E-state index contributed by atoms with van der Waals surface area (Å²) < 4.78 is 0. The van der Waals surface area contributed by atoms with Crippen LogP contribution in [0, 0.1) is 6.92 Å². The molecule has 2 aromatic rings. The van der Waals surface area contributed by atoms with E-state index in [-0.39, 0.29) is 6.03 Å². The van der Waals surface area contributed by atoms with Crippen molar-refractivity contribution in [3.8, 4) is 0 Å². The second kappa shape index (κ2) is 7.73. The molecule has 2 N–H and O–H groups in total. The summed E-state index contributed by atoms with van der Waals surface area (Å²) in [5.41, 5.74) is 2.85. The maximum atomic E-state index is 11.7. The van der Waals surface area contributed by atoms with Gasteiger partial charge in [0.15, 0.2) is 0 Å². The van der Waals surface area contributed by atoms with Crippen LogP contribution < -0.4 is 10.6 Å². The molecule has 21 heavy (non-hydrogen) atoms. The van der Waals surface area contributed by atoms with Crippen LogP contribution >= 0.6 is 11.3 Å². The number of carbonyl (C=O) groups excluding carboxylic acids is 1. The van der Waals surface area contributed by atoms with E-state index in [2.05, 4.69) is 32.9 Å². The lowest BCUT2D eigenvalue weighted by atomic mass is 10.3. The molecule has 2 heterocycles. The first-order valence-electron chi connectivity index (χ1n) is 7.05. The fraction of sp³-hybridized carbons (Fsp3) is 0.400. The Morgan fingerprint density at radius 2 is 2.10 bits per heavy atom. The Balaban J connectivity index is 1.67. The molecule has 0 radical (unpaired) electrons. The quantitative estimate of drug-likeness (QED) is 0.861. The number of hydrogen-bond donors (Lipinski definition) is 2. The van der Waals surface area contributed by atoms with Crippen LogP contribution in [0.3, 0.4) is 0 Å². The summed E-state index contributed by atoms with van der Waals surface area (Å²) in [5.74, 6) is 0. The van der Waals surface area contributed by atoms with Crippen molar-refractivity contribution >= 4 is 17.4 Å². The van der Waals surface area contributed by atoms with Gasteiger partial charge in [-0.3, -0.25) is 4.98 Å². The molecule has 5 nitrogen and oxygen atoms in total. The van der Waals surface area contributed by atoms with E-state index in [1.807, 2.05) is 25.1 Å². The van der Waals surface area contributed by atoms with Gasteiger partial charge in [0.1, 0.15) is 0 Å². The largest absolute Gasteiger partial charge is 0.338 e. The Labute approximate surface area is 128 Å². The lowest BCUT2D eigenvalue weighted by Crippen LogP contribution is -2.36. The van der Waals surface area contributed by atoms with Crippen molar-refractivity contribution in [1.29, 1.82) is 0 Å². The van der Waals surface area contributed by atoms with Gasteiger partial charge in [0, 0.05) is 24.0 Å². The van der Waals surface area contributed by atoms with E-state index in [0.717, 1.165) is 34.9 Å². The van der Waals surface area contributed by atoms with E-state index in [0.29, 0.717) is 13.1 Å². The van der Waals surface area contributed by atoms with Gasteiger partial charge in [-0.25, -0.2) is 9.78 Å². The number of hydrogen-bond acceptors (Lipinski definition) is 4. The second-order valence-corrected chi connectivity index (χ2v) is 5.66. The first-order chi connectivity index (χ1) is 10.2. The Kier molecular flexibility index (Phi) is 5.68. The van der Waals surface area contributed by atoms with E-state index in [4.69, 9.17) is 0 Å². The second-order valence-electron chi connectivity index (χ2n) is 4.72. The first-order valence-corrected chi connectivity index (χ1v) is 7.93. The maximum Gasteiger partial charge on any atom is 0.315 e. The van der Waals surface area contributed by atoms with Crippen LogP contribution in [0.2, 0.25) is 0 Å². The summed E-state index contributed by atoms with van der Waals surface area (Å²) in [6.45, 7) is 5.04. The number of amides is 2. The molecule has 0 atom stereocenters. The van der Waals surface area contributed by atoms with Crippen LogP contribution in [0.5, 0.6) is 0 Å². The molecule has 0 aliphatic carbocycles. The Bertz CT molecular complexity index is 597. The monoisotopic (exact) mass is 304 g/mol. The summed E-state index contributed by atoms with van der Waals surface area (Å²) >= 11 is 1.67. The fourth-order valence-corrected chi connectivity index (χ4v) is 2.64. The van der Waals surface area contributed by atoms with Gasteiger partial charge in [0.05, 0.1) is 22.9 Å². The predicted molar refractivity (Wildman–Crippen MR) is 84.4 cm³/mol. The summed E-state index contributed by atoms with van der Waals surface area (Å²) in [7, 11) is 0. The van der Waals surface area contributed by atoms with Crippen molar-refractivity contribution in [2.75, 3.05) is 6.54 Å². The van der Waals surface area contributed by atoms with Crippen molar-refractivity contribution < 1.29 is 4.79 Å². The molecule has 2 amide bonds. The highest BCUT2D eigenvalue weighted by Crippen LogP contribution is 2.10. The van der Waals surface area contributed by atoms with E-state index in [1.165, 1.54) is 0 Å². The molecule has 0 saturated carbocycles. The zero-order chi connectivity index (χ0) is 15.1. The van der Waals surface area contributed by atoms with E-state index >= 15 is 0 Å². The van der Waals surface area contributed by atoms with Crippen LogP contribution in [0.4, 0.5) is 4.79 Å². The average molecular weight is 304 g/mol. The van der Waals surface area contributed by atoms with Crippen LogP contribution in [0.25, 0.3) is 0 Å². The first kappa shape index (κ1) is 15.4. The van der Waals surface area contributed by atoms with Gasteiger partial charge in [-0.1, -0.05) is 13.0 Å². The average Bonchev–Trinajstić information content (AvgIpc) is 2.93. The minimum absolute atomic E-state index is 0.177. The molecule has 0 aromatic carbocycles. The number of nitrogens with one attached hydrogen (secondary N) is 2. The number of pyridine rings is 1. The zero-order valence-corrected chi connectivity index (χ0v) is 13.2. The van der Waals surface area contributed by atoms with E-state index in [9.17, 15) is 4.79 Å². The number of aromatic nitrogens is 2. The molecule has 112 valence electrons. The molecule has 0 fully saturated rings. The third kappa shape index (κ3) is 5.15. The number of rotatable bonds is 6.